The number of anilines is 1. The molecule has 0 spiro atoms. The van der Waals surface area contributed by atoms with Crippen molar-refractivity contribution in [1.29, 1.82) is 0 Å². The maximum atomic E-state index is 11.2. The van der Waals surface area contributed by atoms with Gasteiger partial charge in [-0.05, 0) is 6.07 Å². The van der Waals surface area contributed by atoms with Crippen molar-refractivity contribution >= 4 is 39.8 Å². The Balaban J connectivity index is 3.03. The maximum Gasteiger partial charge on any atom is 0.261 e. The number of nitrogens with one attached hydrogen (secondary N) is 1. The average Bonchev–Trinajstić information content (AvgIpc) is 2.33. The van der Waals surface area contributed by atoms with E-state index in [4.69, 9.17) is 5.73 Å². The predicted octanol–water partition coefficient (Wildman–Crippen LogP) is 0.505. The van der Waals surface area contributed by atoms with Crippen LogP contribution in [-0.2, 0) is 0 Å². The minimum absolute atomic E-state index is 0.143. The molecular weight excluding hydrogens is 271 g/mol. The lowest BCUT2D eigenvalue weighted by atomic mass is 10.4. The van der Waals surface area contributed by atoms with Crippen molar-refractivity contribution in [3.8, 4) is 0 Å². The molecule has 0 aliphatic carbocycles. The second-order valence-electron chi connectivity index (χ2n) is 2.32. The molecule has 12 heavy (non-hydrogen) atoms. The van der Waals surface area contributed by atoms with Crippen LogP contribution in [-0.4, -0.2) is 12.7 Å². The number of nitrogens with two attached hydrogens (primary N) is 1. The molecule has 0 saturated heterocycles. The highest BCUT2D eigenvalue weighted by molar-refractivity contribution is 14.1. The Morgan fingerprint density at radius 3 is 3.17 bits per heavy atom. The van der Waals surface area contributed by atoms with E-state index < -0.39 is 0 Å². The highest BCUT2D eigenvalue weighted by atomic mass is 127. The van der Waals surface area contributed by atoms with E-state index in [-0.39, 0.29) is 11.5 Å². The van der Waals surface area contributed by atoms with E-state index in [1.165, 1.54) is 0 Å². The summed E-state index contributed by atoms with van der Waals surface area (Å²) in [5, 5.41) is 0.554. The summed E-state index contributed by atoms with van der Waals surface area (Å²) in [4.78, 5) is 17.6. The molecule has 2 aromatic rings. The lowest BCUT2D eigenvalue weighted by Crippen LogP contribution is -2.10. The van der Waals surface area contributed by atoms with Gasteiger partial charge < -0.3 is 5.73 Å². The molecule has 0 atom stereocenters. The Morgan fingerprint density at radius 1 is 1.67 bits per heavy atom. The van der Waals surface area contributed by atoms with Gasteiger partial charge in [0.2, 0.25) is 5.95 Å². The summed E-state index contributed by atoms with van der Waals surface area (Å²) in [6.45, 7) is 0. The van der Waals surface area contributed by atoms with Crippen LogP contribution in [0.3, 0.4) is 0 Å². The van der Waals surface area contributed by atoms with Gasteiger partial charge in [0.05, 0.1) is 28.3 Å². The van der Waals surface area contributed by atoms with E-state index in [0.717, 1.165) is 0 Å². The quantitative estimate of drug-likeness (QED) is 0.688. The fourth-order valence-electron chi connectivity index (χ4n) is 1.01. The maximum absolute atomic E-state index is 11.2. The number of aromatic amines is 1. The number of aromatic nitrogens is 3. The number of hydrogen-bond donors (Lipinski definition) is 2. The van der Waals surface area contributed by atoms with E-state index in [0.29, 0.717) is 11.0 Å². The smallest absolute Gasteiger partial charge is 0.261 e. The third-order valence-electron chi connectivity index (χ3n) is 1.53. The zero-order chi connectivity index (χ0) is 8.72. The van der Waals surface area contributed by atoms with Crippen LogP contribution in [0.15, 0.2) is 17.1 Å². The van der Waals surface area contributed by atoms with Crippen LogP contribution in [0, 0.1) is 0 Å². The molecule has 0 aromatic carbocycles. The van der Waals surface area contributed by atoms with E-state index in [9.17, 15) is 4.79 Å². The fourth-order valence-corrected chi connectivity index (χ4v) is 1.54. The standard InChI is InChI=1S/C6H5IN4O/c7-11-2-1-3-4(11)9-6(8)10-5(3)12/h1-2H,(H3,8,9,10,12). The van der Waals surface area contributed by atoms with Gasteiger partial charge in [-0.15, -0.1) is 0 Å². The molecule has 3 N–H and O–H groups in total. The topological polar surface area (TPSA) is 76.7 Å². The second kappa shape index (κ2) is 2.47. The van der Waals surface area contributed by atoms with Gasteiger partial charge in [0.25, 0.3) is 5.56 Å². The Hall–Kier alpha value is -1.05. The summed E-state index contributed by atoms with van der Waals surface area (Å²) in [7, 11) is 0. The Bertz CT molecular complexity index is 486. The summed E-state index contributed by atoms with van der Waals surface area (Å²) in [5.74, 6) is 0.143. The van der Waals surface area contributed by atoms with Gasteiger partial charge in [-0.3, -0.25) is 12.6 Å². The zero-order valence-electron chi connectivity index (χ0n) is 5.91. The van der Waals surface area contributed by atoms with Crippen molar-refractivity contribution in [3.05, 3.63) is 22.6 Å². The first kappa shape index (κ1) is 7.59. The van der Waals surface area contributed by atoms with E-state index >= 15 is 0 Å². The van der Waals surface area contributed by atoms with Crippen molar-refractivity contribution in [2.24, 2.45) is 0 Å². The summed E-state index contributed by atoms with van der Waals surface area (Å²) < 4.78 is 1.72. The molecule has 62 valence electrons. The third-order valence-corrected chi connectivity index (χ3v) is 2.31. The molecule has 2 rings (SSSR count). The molecular formula is C6H5IN4O. The molecule has 0 unspecified atom stereocenters. The number of halogens is 1. The number of fused-ring (bicyclic) bond motifs is 1. The first-order chi connectivity index (χ1) is 5.68. The Morgan fingerprint density at radius 2 is 2.42 bits per heavy atom. The monoisotopic (exact) mass is 276 g/mol. The van der Waals surface area contributed by atoms with E-state index in [2.05, 4.69) is 9.97 Å². The number of H-pyrrole nitrogens is 1. The van der Waals surface area contributed by atoms with Crippen LogP contribution in [0.5, 0.6) is 0 Å². The lowest BCUT2D eigenvalue weighted by Gasteiger charge is -1.93. The molecule has 0 bridgehead atoms. The van der Waals surface area contributed by atoms with Crippen molar-refractivity contribution in [2.45, 2.75) is 0 Å². The average molecular weight is 276 g/mol. The van der Waals surface area contributed by atoms with Crippen molar-refractivity contribution in [2.75, 3.05) is 5.73 Å². The minimum atomic E-state index is -0.201. The first-order valence-electron chi connectivity index (χ1n) is 3.21. The number of nitrogens with zero attached hydrogens (tertiary/aromatic N) is 2. The van der Waals surface area contributed by atoms with Gasteiger partial charge in [0, 0.05) is 6.20 Å². The third kappa shape index (κ3) is 0.986. The van der Waals surface area contributed by atoms with Gasteiger partial charge in [-0.2, -0.15) is 4.98 Å². The molecule has 2 heterocycles. The van der Waals surface area contributed by atoms with Gasteiger partial charge in [-0.1, -0.05) is 0 Å². The molecule has 0 saturated carbocycles. The lowest BCUT2D eigenvalue weighted by molar-refractivity contribution is 1.17. The first-order valence-corrected chi connectivity index (χ1v) is 4.18. The fraction of sp³-hybridized carbons (Fsp3) is 0. The highest BCUT2D eigenvalue weighted by Gasteiger charge is 2.04. The van der Waals surface area contributed by atoms with Gasteiger partial charge in [-0.25, -0.2) is 0 Å². The van der Waals surface area contributed by atoms with Crippen LogP contribution in [0.2, 0.25) is 0 Å². The molecule has 0 fully saturated rings. The number of nitrogen functional groups attached to an aromatic ring is 1. The van der Waals surface area contributed by atoms with E-state index in [1.807, 2.05) is 22.9 Å². The largest absolute Gasteiger partial charge is 0.369 e. The van der Waals surface area contributed by atoms with Gasteiger partial charge in [0.1, 0.15) is 0 Å². The summed E-state index contributed by atoms with van der Waals surface area (Å²) >= 11 is 2.03. The molecule has 0 radical (unpaired) electrons. The molecule has 6 heteroatoms. The minimum Gasteiger partial charge on any atom is -0.369 e. The molecule has 5 nitrogen and oxygen atoms in total. The summed E-state index contributed by atoms with van der Waals surface area (Å²) in [6.07, 6.45) is 1.76. The zero-order valence-corrected chi connectivity index (χ0v) is 8.07. The summed E-state index contributed by atoms with van der Waals surface area (Å²) in [5.41, 5.74) is 5.76. The Kier molecular flexibility index (Phi) is 1.56. The van der Waals surface area contributed by atoms with Crippen LogP contribution in [0.25, 0.3) is 11.0 Å². The van der Waals surface area contributed by atoms with E-state index in [1.54, 1.807) is 15.0 Å². The number of rotatable bonds is 0. The van der Waals surface area contributed by atoms with Gasteiger partial charge in [0.15, 0.2) is 5.65 Å². The van der Waals surface area contributed by atoms with Crippen molar-refractivity contribution in [3.63, 3.8) is 0 Å². The van der Waals surface area contributed by atoms with Crippen LogP contribution >= 0.6 is 22.9 Å². The Labute approximate surface area is 81.1 Å². The molecule has 0 aliphatic heterocycles. The van der Waals surface area contributed by atoms with Crippen molar-refractivity contribution in [1.82, 2.24) is 12.7 Å². The van der Waals surface area contributed by atoms with Gasteiger partial charge >= 0.3 is 0 Å². The highest BCUT2D eigenvalue weighted by Crippen LogP contribution is 2.11. The van der Waals surface area contributed by atoms with Crippen molar-refractivity contribution < 1.29 is 0 Å². The normalized spacial score (nSPS) is 10.8. The predicted molar refractivity (Wildman–Crippen MR) is 54.2 cm³/mol. The molecule has 0 aliphatic rings. The summed E-state index contributed by atoms with van der Waals surface area (Å²) in [6, 6.07) is 1.70. The second-order valence-corrected chi connectivity index (χ2v) is 3.35. The SMILES string of the molecule is Nc1nc2c(ccn2I)c(=O)[nH]1. The van der Waals surface area contributed by atoms with Crippen LogP contribution in [0.1, 0.15) is 0 Å². The molecule has 2 aromatic heterocycles. The van der Waals surface area contributed by atoms with Crippen LogP contribution in [0.4, 0.5) is 5.95 Å². The van der Waals surface area contributed by atoms with Crippen LogP contribution < -0.4 is 11.3 Å². The number of hydrogen-bond acceptors (Lipinski definition) is 3. The molecule has 0 amide bonds.